The van der Waals surface area contributed by atoms with Gasteiger partial charge in [0.15, 0.2) is 0 Å². The Labute approximate surface area is 101 Å². The third-order valence-electron chi connectivity index (χ3n) is 2.54. The summed E-state index contributed by atoms with van der Waals surface area (Å²) >= 11 is 0. The molecule has 1 aromatic rings. The molecule has 0 aromatic heterocycles. The zero-order valence-electron chi connectivity index (χ0n) is 10.3. The Kier molecular flexibility index (Phi) is 4.94. The van der Waals surface area contributed by atoms with Crippen molar-refractivity contribution < 1.29 is 9.18 Å². The van der Waals surface area contributed by atoms with Crippen molar-refractivity contribution in [3.05, 3.63) is 29.6 Å². The standard InChI is InChI=1S/C13H19FN2O/c1-9(2)5-4-8-16-13(17)10-6-3-7-11(14)12(10)15/h3,6-7,9H,4-5,8,15H2,1-2H3,(H,16,17). The first-order valence-corrected chi connectivity index (χ1v) is 5.84. The Morgan fingerprint density at radius 1 is 1.47 bits per heavy atom. The summed E-state index contributed by atoms with van der Waals surface area (Å²) in [4.78, 5) is 11.7. The van der Waals surface area contributed by atoms with Crippen LogP contribution < -0.4 is 11.1 Å². The van der Waals surface area contributed by atoms with Crippen LogP contribution in [-0.4, -0.2) is 12.5 Å². The van der Waals surface area contributed by atoms with E-state index in [-0.39, 0.29) is 17.2 Å². The molecule has 1 rings (SSSR count). The van der Waals surface area contributed by atoms with Crippen LogP contribution in [0.3, 0.4) is 0 Å². The monoisotopic (exact) mass is 238 g/mol. The molecule has 0 heterocycles. The maximum Gasteiger partial charge on any atom is 0.253 e. The van der Waals surface area contributed by atoms with Crippen molar-refractivity contribution in [1.29, 1.82) is 0 Å². The van der Waals surface area contributed by atoms with Gasteiger partial charge in [-0.2, -0.15) is 0 Å². The lowest BCUT2D eigenvalue weighted by molar-refractivity contribution is 0.0953. The smallest absolute Gasteiger partial charge is 0.253 e. The fourth-order valence-corrected chi connectivity index (χ4v) is 1.54. The van der Waals surface area contributed by atoms with Gasteiger partial charge in [-0.05, 0) is 30.9 Å². The van der Waals surface area contributed by atoms with Crippen LogP contribution in [0.15, 0.2) is 18.2 Å². The predicted octanol–water partition coefficient (Wildman–Crippen LogP) is 2.57. The highest BCUT2D eigenvalue weighted by Crippen LogP contribution is 2.15. The van der Waals surface area contributed by atoms with Gasteiger partial charge in [0.1, 0.15) is 5.82 Å². The van der Waals surface area contributed by atoms with Gasteiger partial charge in [0.25, 0.3) is 5.91 Å². The predicted molar refractivity (Wildman–Crippen MR) is 67.2 cm³/mol. The quantitative estimate of drug-likeness (QED) is 0.612. The molecule has 0 bridgehead atoms. The number of amides is 1. The summed E-state index contributed by atoms with van der Waals surface area (Å²) in [5, 5.41) is 2.74. The van der Waals surface area contributed by atoms with Crippen LogP contribution in [0.2, 0.25) is 0 Å². The van der Waals surface area contributed by atoms with Crippen LogP contribution in [-0.2, 0) is 0 Å². The van der Waals surface area contributed by atoms with E-state index in [0.29, 0.717) is 12.5 Å². The number of benzene rings is 1. The van der Waals surface area contributed by atoms with E-state index < -0.39 is 5.82 Å². The average molecular weight is 238 g/mol. The number of para-hydroxylation sites is 1. The molecular weight excluding hydrogens is 219 g/mol. The summed E-state index contributed by atoms with van der Waals surface area (Å²) in [5.74, 6) is -0.253. The first-order chi connectivity index (χ1) is 8.02. The first kappa shape index (κ1) is 13.5. The number of carbonyl (C=O) groups is 1. The van der Waals surface area contributed by atoms with Gasteiger partial charge < -0.3 is 11.1 Å². The number of nitrogens with two attached hydrogens (primary N) is 1. The minimum atomic E-state index is -0.556. The third kappa shape index (κ3) is 4.06. The topological polar surface area (TPSA) is 55.1 Å². The normalized spacial score (nSPS) is 10.6. The van der Waals surface area contributed by atoms with Crippen LogP contribution in [0, 0.1) is 11.7 Å². The number of hydrogen-bond donors (Lipinski definition) is 2. The molecule has 0 saturated carbocycles. The first-order valence-electron chi connectivity index (χ1n) is 5.84. The molecule has 0 spiro atoms. The van der Waals surface area contributed by atoms with E-state index in [1.165, 1.54) is 18.2 Å². The molecule has 0 saturated heterocycles. The van der Waals surface area contributed by atoms with Crippen molar-refractivity contribution in [3.8, 4) is 0 Å². The summed E-state index contributed by atoms with van der Waals surface area (Å²) in [6, 6.07) is 4.25. The summed E-state index contributed by atoms with van der Waals surface area (Å²) in [5.41, 5.74) is 5.61. The van der Waals surface area contributed by atoms with Gasteiger partial charge in [-0.1, -0.05) is 19.9 Å². The van der Waals surface area contributed by atoms with E-state index in [2.05, 4.69) is 19.2 Å². The van der Waals surface area contributed by atoms with Gasteiger partial charge in [-0.25, -0.2) is 4.39 Å². The van der Waals surface area contributed by atoms with E-state index in [0.717, 1.165) is 12.8 Å². The van der Waals surface area contributed by atoms with Crippen molar-refractivity contribution in [2.45, 2.75) is 26.7 Å². The van der Waals surface area contributed by atoms with Crippen molar-refractivity contribution >= 4 is 11.6 Å². The van der Waals surface area contributed by atoms with Gasteiger partial charge in [0, 0.05) is 6.54 Å². The number of rotatable bonds is 5. The maximum atomic E-state index is 13.1. The molecule has 0 aliphatic heterocycles. The number of anilines is 1. The molecular formula is C13H19FN2O. The summed E-state index contributed by atoms with van der Waals surface area (Å²) < 4.78 is 13.1. The minimum Gasteiger partial charge on any atom is -0.396 e. The SMILES string of the molecule is CC(C)CCCNC(=O)c1cccc(F)c1N. The number of carbonyl (C=O) groups excluding carboxylic acids is 1. The van der Waals surface area contributed by atoms with Crippen LogP contribution in [0.25, 0.3) is 0 Å². The fraction of sp³-hybridized carbons (Fsp3) is 0.462. The zero-order chi connectivity index (χ0) is 12.8. The van der Waals surface area contributed by atoms with Crippen molar-refractivity contribution in [1.82, 2.24) is 5.32 Å². The van der Waals surface area contributed by atoms with Gasteiger partial charge >= 0.3 is 0 Å². The number of nitrogens with one attached hydrogen (secondary N) is 1. The zero-order valence-corrected chi connectivity index (χ0v) is 10.3. The second kappa shape index (κ2) is 6.23. The van der Waals surface area contributed by atoms with E-state index in [1.54, 1.807) is 0 Å². The minimum absolute atomic E-state index is 0.0890. The lowest BCUT2D eigenvalue weighted by atomic mass is 10.1. The van der Waals surface area contributed by atoms with Gasteiger partial charge in [0.05, 0.1) is 11.3 Å². The molecule has 3 nitrogen and oxygen atoms in total. The van der Waals surface area contributed by atoms with E-state index >= 15 is 0 Å². The molecule has 1 aromatic carbocycles. The average Bonchev–Trinajstić information content (AvgIpc) is 2.27. The largest absolute Gasteiger partial charge is 0.396 e. The molecule has 1 amide bonds. The fourth-order valence-electron chi connectivity index (χ4n) is 1.54. The molecule has 94 valence electrons. The summed E-state index contributed by atoms with van der Waals surface area (Å²) in [7, 11) is 0. The molecule has 0 atom stereocenters. The maximum absolute atomic E-state index is 13.1. The van der Waals surface area contributed by atoms with Gasteiger partial charge in [-0.3, -0.25) is 4.79 Å². The second-order valence-corrected chi connectivity index (χ2v) is 4.49. The number of hydrogen-bond acceptors (Lipinski definition) is 2. The molecule has 0 aliphatic rings. The lowest BCUT2D eigenvalue weighted by Crippen LogP contribution is -2.25. The molecule has 4 heteroatoms. The summed E-state index contributed by atoms with van der Waals surface area (Å²) in [6.07, 6.45) is 1.97. The second-order valence-electron chi connectivity index (χ2n) is 4.49. The van der Waals surface area contributed by atoms with E-state index in [1.807, 2.05) is 0 Å². The van der Waals surface area contributed by atoms with E-state index in [9.17, 15) is 9.18 Å². The molecule has 0 fully saturated rings. The van der Waals surface area contributed by atoms with Crippen LogP contribution in [0.5, 0.6) is 0 Å². The number of nitrogen functional groups attached to an aromatic ring is 1. The van der Waals surface area contributed by atoms with Gasteiger partial charge in [-0.15, -0.1) is 0 Å². The van der Waals surface area contributed by atoms with Crippen molar-refractivity contribution in [2.75, 3.05) is 12.3 Å². The molecule has 0 radical (unpaired) electrons. The summed E-state index contributed by atoms with van der Waals surface area (Å²) in [6.45, 7) is 4.85. The Bertz CT molecular complexity index is 391. The number of halogens is 1. The van der Waals surface area contributed by atoms with Gasteiger partial charge in [0.2, 0.25) is 0 Å². The molecule has 17 heavy (non-hydrogen) atoms. The highest BCUT2D eigenvalue weighted by atomic mass is 19.1. The molecule has 3 N–H and O–H groups in total. The Hall–Kier alpha value is -1.58. The van der Waals surface area contributed by atoms with Crippen molar-refractivity contribution in [2.24, 2.45) is 5.92 Å². The van der Waals surface area contributed by atoms with Crippen LogP contribution in [0.1, 0.15) is 37.0 Å². The molecule has 0 unspecified atom stereocenters. The highest BCUT2D eigenvalue weighted by Gasteiger charge is 2.11. The van der Waals surface area contributed by atoms with Crippen LogP contribution >= 0.6 is 0 Å². The Morgan fingerprint density at radius 2 is 2.18 bits per heavy atom. The third-order valence-corrected chi connectivity index (χ3v) is 2.54. The Morgan fingerprint density at radius 3 is 2.82 bits per heavy atom. The molecule has 0 aliphatic carbocycles. The lowest BCUT2D eigenvalue weighted by Gasteiger charge is -2.08. The van der Waals surface area contributed by atoms with Crippen LogP contribution in [0.4, 0.5) is 10.1 Å². The van der Waals surface area contributed by atoms with E-state index in [4.69, 9.17) is 5.73 Å². The Balaban J connectivity index is 2.50. The highest BCUT2D eigenvalue weighted by molar-refractivity contribution is 5.99. The van der Waals surface area contributed by atoms with Crippen molar-refractivity contribution in [3.63, 3.8) is 0 Å².